The van der Waals surface area contributed by atoms with Crippen LogP contribution in [0.15, 0.2) is 48.5 Å². The van der Waals surface area contributed by atoms with E-state index in [4.69, 9.17) is 37.9 Å². The molecule has 0 saturated heterocycles. The van der Waals surface area contributed by atoms with E-state index in [1.54, 1.807) is 19.6 Å². The number of carbonyl (C=O) groups is 8. The van der Waals surface area contributed by atoms with E-state index in [0.717, 1.165) is 0 Å². The van der Waals surface area contributed by atoms with Crippen LogP contribution in [0.3, 0.4) is 0 Å². The number of nitrogens with zero attached hydrogens (tertiary/aromatic N) is 4. The molecule has 0 atom stereocenters. The number of ether oxygens (including phenoxy) is 8. The SMILES string of the molecule is CCCOc1c2cc(NC(=O)COCCC(=O)N(CC)CC)cc1Cc1cc(NC(=O)COCCC(=O)N(CC)CC)cc(c1OCCC)Cc1cc(NC(=O)COCCC(=O)N(CC)CC)cc(c1OCCC)Cc1cc(NC(=O)COCCC(=O)N(CC)CC)cc(c1OCCC)C2. The number of fused-ring (bicyclic) bond motifs is 8. The molecule has 24 nitrogen and oxygen atoms in total. The number of anilines is 4. The van der Waals surface area contributed by atoms with Crippen LogP contribution in [-0.4, -0.2) is 198 Å². The Morgan fingerprint density at radius 3 is 0.600 bits per heavy atom. The van der Waals surface area contributed by atoms with Gasteiger partial charge in [-0.1, -0.05) is 27.7 Å². The molecule has 552 valence electrons. The number of rotatable bonds is 44. The summed E-state index contributed by atoms with van der Waals surface area (Å²) >= 11 is 0. The first-order valence-electron chi connectivity index (χ1n) is 36.1. The highest BCUT2D eigenvalue weighted by molar-refractivity contribution is 5.95. The van der Waals surface area contributed by atoms with Gasteiger partial charge in [-0.05, 0) is 130 Å². The third kappa shape index (κ3) is 26.3. The Hall–Kier alpha value is -8.32. The summed E-state index contributed by atoms with van der Waals surface area (Å²) in [5, 5.41) is 12.3. The summed E-state index contributed by atoms with van der Waals surface area (Å²) in [6, 6.07) is 14.7. The quantitative estimate of drug-likeness (QED) is 0.0264. The molecular weight excluding hydrogens is 1280 g/mol. The van der Waals surface area contributed by atoms with Crippen molar-refractivity contribution in [2.24, 2.45) is 0 Å². The molecule has 1 aliphatic rings. The zero-order valence-electron chi connectivity index (χ0n) is 61.6. The Kier molecular flexibility index (Phi) is 36.8. The molecule has 0 aromatic heterocycles. The van der Waals surface area contributed by atoms with Crippen molar-refractivity contribution in [3.63, 3.8) is 0 Å². The van der Waals surface area contributed by atoms with Gasteiger partial charge in [-0.3, -0.25) is 38.4 Å². The molecule has 1 aliphatic carbocycles. The molecule has 0 saturated carbocycles. The monoisotopic (exact) mass is 1390 g/mol. The fourth-order valence-electron chi connectivity index (χ4n) is 11.8. The second kappa shape index (κ2) is 44.7. The van der Waals surface area contributed by atoms with Crippen molar-refractivity contribution >= 4 is 70.0 Å². The molecule has 0 spiro atoms. The van der Waals surface area contributed by atoms with Crippen molar-refractivity contribution in [1.29, 1.82) is 0 Å². The zero-order chi connectivity index (χ0) is 72.9. The smallest absolute Gasteiger partial charge is 0.250 e. The lowest BCUT2D eigenvalue weighted by atomic mass is 9.90. The molecule has 5 rings (SSSR count). The second-order valence-electron chi connectivity index (χ2n) is 24.3. The van der Waals surface area contributed by atoms with Crippen molar-refractivity contribution in [3.8, 4) is 23.0 Å². The number of amides is 8. The van der Waals surface area contributed by atoms with E-state index in [9.17, 15) is 38.4 Å². The predicted molar refractivity (Wildman–Crippen MR) is 388 cm³/mol. The molecule has 0 fully saturated rings. The van der Waals surface area contributed by atoms with E-state index in [0.29, 0.717) is 195 Å². The van der Waals surface area contributed by atoms with Crippen LogP contribution in [0.25, 0.3) is 0 Å². The number of benzene rings is 4. The summed E-state index contributed by atoms with van der Waals surface area (Å²) in [4.78, 5) is 115. The highest BCUT2D eigenvalue weighted by Crippen LogP contribution is 2.43. The van der Waals surface area contributed by atoms with Gasteiger partial charge < -0.3 is 78.8 Å². The number of hydrogen-bond donors (Lipinski definition) is 4. The Balaban J connectivity index is 1.82. The molecule has 8 amide bonds. The molecule has 4 aromatic rings. The highest BCUT2D eigenvalue weighted by Gasteiger charge is 2.27. The van der Waals surface area contributed by atoms with Crippen LogP contribution in [0.5, 0.6) is 23.0 Å². The first-order chi connectivity index (χ1) is 48.3. The molecule has 0 unspecified atom stereocenters. The Morgan fingerprint density at radius 1 is 0.280 bits per heavy atom. The number of carbonyl (C=O) groups excluding carboxylic acids is 8. The fourth-order valence-corrected chi connectivity index (χ4v) is 11.8. The average molecular weight is 1390 g/mol. The molecular formula is C76H112N8O16. The summed E-state index contributed by atoms with van der Waals surface area (Å²) in [6.07, 6.45) is 3.37. The molecule has 0 radical (unpaired) electrons. The number of nitrogens with one attached hydrogen (secondary N) is 4. The Labute approximate surface area is 592 Å². The first-order valence-corrected chi connectivity index (χ1v) is 36.1. The van der Waals surface area contributed by atoms with Crippen LogP contribution in [-0.2, 0) is 83.0 Å². The molecule has 4 N–H and O–H groups in total. The van der Waals surface area contributed by atoms with Gasteiger partial charge in [-0.2, -0.15) is 0 Å². The van der Waals surface area contributed by atoms with Crippen molar-refractivity contribution in [2.75, 3.05) is 153 Å². The van der Waals surface area contributed by atoms with E-state index >= 15 is 0 Å². The van der Waals surface area contributed by atoms with E-state index in [1.165, 1.54) is 0 Å². The maximum atomic E-state index is 14.1. The maximum Gasteiger partial charge on any atom is 0.250 e. The van der Waals surface area contributed by atoms with Gasteiger partial charge in [-0.15, -0.1) is 0 Å². The van der Waals surface area contributed by atoms with Crippen LogP contribution >= 0.6 is 0 Å². The summed E-state index contributed by atoms with van der Waals surface area (Å²) < 4.78 is 50.8. The van der Waals surface area contributed by atoms with E-state index in [-0.39, 0.29) is 128 Å². The first kappa shape index (κ1) is 82.3. The number of hydrogen-bond acceptors (Lipinski definition) is 16. The van der Waals surface area contributed by atoms with Crippen LogP contribution in [0.1, 0.15) is 179 Å². The largest absolute Gasteiger partial charge is 0.493 e. The molecule has 8 bridgehead atoms. The molecule has 100 heavy (non-hydrogen) atoms. The topological polar surface area (TPSA) is 271 Å². The summed E-state index contributed by atoms with van der Waals surface area (Å²) in [6.45, 7) is 27.6. The van der Waals surface area contributed by atoms with Crippen LogP contribution in [0.2, 0.25) is 0 Å². The van der Waals surface area contributed by atoms with Crippen LogP contribution < -0.4 is 40.2 Å². The Morgan fingerprint density at radius 2 is 0.450 bits per heavy atom. The minimum atomic E-state index is -0.471. The van der Waals surface area contributed by atoms with E-state index in [1.807, 2.05) is 132 Å². The van der Waals surface area contributed by atoms with Crippen LogP contribution in [0.4, 0.5) is 22.7 Å². The third-order valence-electron chi connectivity index (χ3n) is 16.7. The lowest BCUT2D eigenvalue weighted by molar-refractivity contribution is -0.133. The van der Waals surface area contributed by atoms with Gasteiger partial charge in [0.05, 0.1) is 78.5 Å². The van der Waals surface area contributed by atoms with Gasteiger partial charge in [0.25, 0.3) is 0 Å². The van der Waals surface area contributed by atoms with Gasteiger partial charge in [0.2, 0.25) is 47.3 Å². The highest BCUT2D eigenvalue weighted by atomic mass is 16.5. The van der Waals surface area contributed by atoms with Crippen molar-refractivity contribution in [3.05, 3.63) is 93.0 Å². The summed E-state index contributed by atoms with van der Waals surface area (Å²) in [5.41, 5.74) is 6.66. The average Bonchev–Trinajstić information content (AvgIpc) is 0.775. The van der Waals surface area contributed by atoms with Gasteiger partial charge >= 0.3 is 0 Å². The van der Waals surface area contributed by atoms with Gasteiger partial charge in [-0.25, -0.2) is 0 Å². The van der Waals surface area contributed by atoms with E-state index < -0.39 is 23.6 Å². The normalized spacial score (nSPS) is 11.6. The van der Waals surface area contributed by atoms with Crippen LogP contribution in [0, 0.1) is 0 Å². The summed E-state index contributed by atoms with van der Waals surface area (Å²) in [7, 11) is 0. The minimum Gasteiger partial charge on any atom is -0.493 e. The molecule has 4 aromatic carbocycles. The summed E-state index contributed by atoms with van der Waals surface area (Å²) in [5.74, 6) is -0.175. The zero-order valence-corrected chi connectivity index (χ0v) is 61.6. The molecule has 0 aliphatic heterocycles. The fraction of sp³-hybridized carbons (Fsp3) is 0.579. The van der Waals surface area contributed by atoms with Crippen molar-refractivity contribution < 1.29 is 76.3 Å². The molecule has 0 heterocycles. The predicted octanol–water partition coefficient (Wildman–Crippen LogP) is 10.4. The van der Waals surface area contributed by atoms with Gasteiger partial charge in [0.15, 0.2) is 0 Å². The Bertz CT molecular complexity index is 2780. The maximum absolute atomic E-state index is 14.1. The van der Waals surface area contributed by atoms with Gasteiger partial charge in [0.1, 0.15) is 49.4 Å². The lowest BCUT2D eigenvalue weighted by Crippen LogP contribution is -2.31. The molecule has 24 heteroatoms. The van der Waals surface area contributed by atoms with E-state index in [2.05, 4.69) is 21.3 Å². The van der Waals surface area contributed by atoms with Crippen molar-refractivity contribution in [2.45, 2.75) is 160 Å². The van der Waals surface area contributed by atoms with Gasteiger partial charge in [0, 0.05) is 145 Å². The van der Waals surface area contributed by atoms with Crippen molar-refractivity contribution in [1.82, 2.24) is 19.6 Å². The minimum absolute atomic E-state index is 0.0296. The standard InChI is InChI=1S/C76H112N8O16/c1-13-29-97-73-53-37-55-43-62(78-66(86)50-94-34-26-70(90)82(19-7)20-8)45-57(74(55)98-30-14-2)39-59-47-64(80-68(88)52-96-36-28-72(92)84(23-11)24-12)48-60(76(59)100-32-16-4)40-58-46-63(79-67(87)51-95-35-27-71(91)83(21-9)22-10)44-56(75(58)99-31-15-3)38-54(73)42-61(41-53)77-65(85)49-93-33-25-69(89)81(17-5)18-6/h41-48H,13-40,49-52H2,1-12H3,(H,77,85)(H,78,86)(H,79,87)(H,80,88). The lowest BCUT2D eigenvalue weighted by Gasteiger charge is -2.25. The second-order valence-corrected chi connectivity index (χ2v) is 24.3. The third-order valence-corrected chi connectivity index (χ3v) is 16.7.